The van der Waals surface area contributed by atoms with Gasteiger partial charge >= 0.3 is 0 Å². The predicted octanol–water partition coefficient (Wildman–Crippen LogP) is 2.66. The van der Waals surface area contributed by atoms with E-state index >= 15 is 0 Å². The topological polar surface area (TPSA) is 12.0 Å². The molecule has 0 bridgehead atoms. The highest BCUT2D eigenvalue weighted by Crippen LogP contribution is 2.30. The van der Waals surface area contributed by atoms with Crippen LogP contribution in [0.3, 0.4) is 0 Å². The first kappa shape index (κ1) is 9.85. The van der Waals surface area contributed by atoms with Crippen LogP contribution in [0.15, 0.2) is 0 Å². The van der Waals surface area contributed by atoms with Crippen LogP contribution in [0.5, 0.6) is 0 Å². The molecule has 0 aromatic rings. The summed E-state index contributed by atoms with van der Waals surface area (Å²) in [6.07, 6.45) is 7.19. The van der Waals surface area contributed by atoms with Crippen molar-refractivity contribution in [3.8, 4) is 0 Å². The molecule has 76 valence electrons. The Morgan fingerprint density at radius 3 is 2.38 bits per heavy atom. The molecule has 0 radical (unpaired) electrons. The van der Waals surface area contributed by atoms with Crippen molar-refractivity contribution in [1.82, 2.24) is 5.32 Å². The fourth-order valence-electron chi connectivity index (χ4n) is 2.31. The first-order valence-electron chi connectivity index (χ1n) is 5.70. The quantitative estimate of drug-likeness (QED) is 0.750. The van der Waals surface area contributed by atoms with Gasteiger partial charge in [0.25, 0.3) is 0 Å². The summed E-state index contributed by atoms with van der Waals surface area (Å²) in [7, 11) is 0. The molecule has 0 spiro atoms. The van der Waals surface area contributed by atoms with E-state index in [-0.39, 0.29) is 0 Å². The Labute approximate surface area is 86.0 Å². The van der Waals surface area contributed by atoms with Crippen molar-refractivity contribution in [1.29, 1.82) is 0 Å². The third-order valence-electron chi connectivity index (χ3n) is 3.58. The van der Waals surface area contributed by atoms with Crippen LogP contribution < -0.4 is 5.32 Å². The lowest BCUT2D eigenvalue weighted by molar-refractivity contribution is 0.223. The molecule has 0 aromatic heterocycles. The largest absolute Gasteiger partial charge is 0.311 e. The maximum absolute atomic E-state index is 3.81. The van der Waals surface area contributed by atoms with Gasteiger partial charge < -0.3 is 5.32 Å². The lowest BCUT2D eigenvalue weighted by Crippen LogP contribution is -2.44. The summed E-state index contributed by atoms with van der Waals surface area (Å²) in [6.45, 7) is 2.38. The van der Waals surface area contributed by atoms with Gasteiger partial charge in [-0.25, -0.2) is 0 Å². The summed E-state index contributed by atoms with van der Waals surface area (Å²) < 4.78 is 0. The summed E-state index contributed by atoms with van der Waals surface area (Å²) in [4.78, 5) is 0. The smallest absolute Gasteiger partial charge is 0.00853 e. The highest BCUT2D eigenvalue weighted by molar-refractivity contribution is 7.99. The molecule has 1 atom stereocenters. The number of hydrogen-bond acceptors (Lipinski definition) is 2. The molecule has 1 aliphatic heterocycles. The van der Waals surface area contributed by atoms with Gasteiger partial charge in [0.15, 0.2) is 0 Å². The fourth-order valence-corrected chi connectivity index (χ4v) is 3.42. The second-order valence-corrected chi connectivity index (χ2v) is 5.76. The molecule has 2 rings (SSSR count). The maximum atomic E-state index is 3.81. The highest BCUT2D eigenvalue weighted by Gasteiger charge is 2.25. The maximum Gasteiger partial charge on any atom is 0.00853 e. The van der Waals surface area contributed by atoms with Gasteiger partial charge in [-0.1, -0.05) is 6.42 Å². The molecule has 0 aromatic carbocycles. The Morgan fingerprint density at radius 2 is 1.85 bits per heavy atom. The van der Waals surface area contributed by atoms with Crippen molar-refractivity contribution < 1.29 is 0 Å². The van der Waals surface area contributed by atoms with E-state index in [0.717, 1.165) is 18.0 Å². The van der Waals surface area contributed by atoms with Gasteiger partial charge in [-0.15, -0.1) is 0 Å². The van der Waals surface area contributed by atoms with Gasteiger partial charge in [0.2, 0.25) is 0 Å². The van der Waals surface area contributed by atoms with Crippen LogP contribution >= 0.6 is 11.8 Å². The fraction of sp³-hybridized carbons (Fsp3) is 1.00. The van der Waals surface area contributed by atoms with E-state index < -0.39 is 0 Å². The molecule has 1 N–H and O–H groups in total. The zero-order valence-corrected chi connectivity index (χ0v) is 9.41. The van der Waals surface area contributed by atoms with Gasteiger partial charge in [0.1, 0.15) is 0 Å². The molecule has 1 aliphatic carbocycles. The number of rotatable bonds is 3. The second-order valence-electron chi connectivity index (χ2n) is 4.53. The molecule has 1 saturated carbocycles. The molecule has 2 aliphatic rings. The van der Waals surface area contributed by atoms with E-state index in [1.165, 1.54) is 43.6 Å². The third-order valence-corrected chi connectivity index (χ3v) is 4.63. The molecule has 2 heteroatoms. The van der Waals surface area contributed by atoms with E-state index in [2.05, 4.69) is 24.0 Å². The molecular weight excluding hydrogens is 178 g/mol. The number of thioether (sulfide) groups is 1. The van der Waals surface area contributed by atoms with E-state index in [1.54, 1.807) is 0 Å². The van der Waals surface area contributed by atoms with Crippen LogP contribution in [-0.4, -0.2) is 23.6 Å². The number of hydrogen-bond donors (Lipinski definition) is 1. The van der Waals surface area contributed by atoms with Crippen LogP contribution in [0.2, 0.25) is 0 Å². The molecule has 1 heterocycles. The van der Waals surface area contributed by atoms with Crippen LogP contribution in [0.4, 0.5) is 0 Å². The van der Waals surface area contributed by atoms with Crippen molar-refractivity contribution in [3.63, 3.8) is 0 Å². The Kier molecular flexibility index (Phi) is 3.56. The lowest BCUT2D eigenvalue weighted by Gasteiger charge is -2.35. The molecule has 1 saturated heterocycles. The molecule has 13 heavy (non-hydrogen) atoms. The average molecular weight is 199 g/mol. The third kappa shape index (κ3) is 2.63. The monoisotopic (exact) mass is 199 g/mol. The Bertz CT molecular complexity index is 150. The molecule has 0 amide bonds. The normalized spacial score (nSPS) is 28.4. The zero-order valence-electron chi connectivity index (χ0n) is 8.59. The minimum atomic E-state index is 0.779. The SMILES string of the molecule is CC(NC1CCSCC1)C1CCC1. The minimum absolute atomic E-state index is 0.779. The molecule has 1 unspecified atom stereocenters. The van der Waals surface area contributed by atoms with Gasteiger partial charge in [0.05, 0.1) is 0 Å². The molecular formula is C11H21NS. The van der Waals surface area contributed by atoms with Crippen molar-refractivity contribution in [2.75, 3.05) is 11.5 Å². The summed E-state index contributed by atoms with van der Waals surface area (Å²) in [6, 6.07) is 1.61. The van der Waals surface area contributed by atoms with Gasteiger partial charge in [-0.3, -0.25) is 0 Å². The Morgan fingerprint density at radius 1 is 1.15 bits per heavy atom. The van der Waals surface area contributed by atoms with Crippen LogP contribution in [0, 0.1) is 5.92 Å². The van der Waals surface area contributed by atoms with Gasteiger partial charge in [-0.2, -0.15) is 11.8 Å². The minimum Gasteiger partial charge on any atom is -0.311 e. The first-order chi connectivity index (χ1) is 6.36. The molecule has 1 nitrogen and oxygen atoms in total. The number of nitrogens with one attached hydrogen (secondary N) is 1. The average Bonchev–Trinajstić information content (AvgIpc) is 2.02. The summed E-state index contributed by atoms with van der Waals surface area (Å²) in [5.74, 6) is 3.74. The van der Waals surface area contributed by atoms with E-state index in [9.17, 15) is 0 Å². The Balaban J connectivity index is 1.69. The van der Waals surface area contributed by atoms with Crippen molar-refractivity contribution in [3.05, 3.63) is 0 Å². The predicted molar refractivity (Wildman–Crippen MR) is 60.3 cm³/mol. The van der Waals surface area contributed by atoms with E-state index in [0.29, 0.717) is 0 Å². The van der Waals surface area contributed by atoms with Crippen molar-refractivity contribution in [2.24, 2.45) is 5.92 Å². The molecule has 2 fully saturated rings. The van der Waals surface area contributed by atoms with Crippen LogP contribution in [0.25, 0.3) is 0 Å². The standard InChI is InChI=1S/C11H21NS/c1-9(10-3-2-4-10)12-11-5-7-13-8-6-11/h9-12H,2-8H2,1H3. The lowest BCUT2D eigenvalue weighted by atomic mass is 9.80. The van der Waals surface area contributed by atoms with E-state index in [4.69, 9.17) is 0 Å². The summed E-state index contributed by atoms with van der Waals surface area (Å²) in [5, 5.41) is 3.81. The van der Waals surface area contributed by atoms with Crippen LogP contribution in [0.1, 0.15) is 39.0 Å². The van der Waals surface area contributed by atoms with Crippen molar-refractivity contribution in [2.45, 2.75) is 51.1 Å². The zero-order chi connectivity index (χ0) is 9.10. The second kappa shape index (κ2) is 4.70. The van der Waals surface area contributed by atoms with E-state index in [1.807, 2.05) is 0 Å². The summed E-state index contributed by atoms with van der Waals surface area (Å²) >= 11 is 2.11. The van der Waals surface area contributed by atoms with Crippen molar-refractivity contribution >= 4 is 11.8 Å². The Hall–Kier alpha value is 0.310. The van der Waals surface area contributed by atoms with Crippen LogP contribution in [-0.2, 0) is 0 Å². The first-order valence-corrected chi connectivity index (χ1v) is 6.85. The van der Waals surface area contributed by atoms with Gasteiger partial charge in [0, 0.05) is 12.1 Å². The highest BCUT2D eigenvalue weighted by atomic mass is 32.2. The summed E-state index contributed by atoms with van der Waals surface area (Å²) in [5.41, 5.74) is 0. The van der Waals surface area contributed by atoms with Gasteiger partial charge in [-0.05, 0) is 50.0 Å².